The number of benzene rings is 2. The van der Waals surface area contributed by atoms with Crippen LogP contribution < -0.4 is 5.32 Å². The molecule has 0 bridgehead atoms. The van der Waals surface area contributed by atoms with Crippen molar-refractivity contribution in [1.82, 2.24) is 0 Å². The maximum absolute atomic E-state index is 12.1. The molecule has 1 amide bonds. The fourth-order valence-electron chi connectivity index (χ4n) is 2.29. The van der Waals surface area contributed by atoms with Crippen molar-refractivity contribution in [2.75, 3.05) is 11.9 Å². The molecule has 2 rings (SSSR count). The molecule has 2 aromatic carbocycles. The van der Waals surface area contributed by atoms with E-state index in [2.05, 4.69) is 5.32 Å². The van der Waals surface area contributed by atoms with Crippen LogP contribution in [0.2, 0.25) is 0 Å². The molecule has 5 heteroatoms. The molecule has 2 aromatic rings. The lowest BCUT2D eigenvalue weighted by Gasteiger charge is -2.11. The standard InChI is InChI=1S/C21H25NO4/c1-14(2)25-12-17-8-10-18(11-9-17)21(24)26-13-20(23)22-19-7-5-6-15(3)16(19)4/h5-11,14H,12-13H2,1-4H3,(H,22,23). The lowest BCUT2D eigenvalue weighted by Crippen LogP contribution is -2.21. The van der Waals surface area contributed by atoms with Gasteiger partial charge in [0.1, 0.15) is 0 Å². The maximum Gasteiger partial charge on any atom is 0.338 e. The van der Waals surface area contributed by atoms with Gasteiger partial charge in [0, 0.05) is 5.69 Å². The van der Waals surface area contributed by atoms with Crippen LogP contribution in [-0.4, -0.2) is 24.6 Å². The molecule has 0 aliphatic rings. The summed E-state index contributed by atoms with van der Waals surface area (Å²) in [5.41, 5.74) is 4.18. The van der Waals surface area contributed by atoms with Crippen molar-refractivity contribution >= 4 is 17.6 Å². The number of nitrogens with one attached hydrogen (secondary N) is 1. The number of rotatable bonds is 7. The molecule has 138 valence electrons. The third-order valence-electron chi connectivity index (χ3n) is 3.99. The zero-order valence-corrected chi connectivity index (χ0v) is 15.7. The van der Waals surface area contributed by atoms with Gasteiger partial charge in [0.15, 0.2) is 6.61 Å². The molecule has 0 fully saturated rings. The highest BCUT2D eigenvalue weighted by Crippen LogP contribution is 2.17. The molecule has 5 nitrogen and oxygen atoms in total. The number of carbonyl (C=O) groups excluding carboxylic acids is 2. The molecular formula is C21H25NO4. The monoisotopic (exact) mass is 355 g/mol. The molecule has 0 atom stereocenters. The van der Waals surface area contributed by atoms with E-state index in [0.29, 0.717) is 12.2 Å². The van der Waals surface area contributed by atoms with Gasteiger partial charge in [-0.1, -0.05) is 24.3 Å². The van der Waals surface area contributed by atoms with Crippen LogP contribution in [0.4, 0.5) is 5.69 Å². The molecule has 0 aromatic heterocycles. The Hall–Kier alpha value is -2.66. The smallest absolute Gasteiger partial charge is 0.338 e. The Morgan fingerprint density at radius 1 is 1.04 bits per heavy atom. The minimum Gasteiger partial charge on any atom is -0.452 e. The van der Waals surface area contributed by atoms with Crippen molar-refractivity contribution < 1.29 is 19.1 Å². The third kappa shape index (κ3) is 5.70. The minimum atomic E-state index is -0.530. The Morgan fingerprint density at radius 3 is 2.38 bits per heavy atom. The van der Waals surface area contributed by atoms with Crippen LogP contribution >= 0.6 is 0 Å². The lowest BCUT2D eigenvalue weighted by molar-refractivity contribution is -0.119. The Labute approximate surface area is 154 Å². The first-order chi connectivity index (χ1) is 12.4. The number of anilines is 1. The van der Waals surface area contributed by atoms with Crippen LogP contribution in [0.1, 0.15) is 40.9 Å². The van der Waals surface area contributed by atoms with Gasteiger partial charge < -0.3 is 14.8 Å². The second-order valence-electron chi connectivity index (χ2n) is 6.43. The number of hydrogen-bond donors (Lipinski definition) is 1. The van der Waals surface area contributed by atoms with E-state index >= 15 is 0 Å². The minimum absolute atomic E-state index is 0.148. The highest BCUT2D eigenvalue weighted by atomic mass is 16.5. The quantitative estimate of drug-likeness (QED) is 0.762. The van der Waals surface area contributed by atoms with Crippen LogP contribution in [0.3, 0.4) is 0 Å². The van der Waals surface area contributed by atoms with Crippen LogP contribution in [0.25, 0.3) is 0 Å². The first-order valence-electron chi connectivity index (χ1n) is 8.60. The summed E-state index contributed by atoms with van der Waals surface area (Å²) in [5, 5.41) is 2.76. The number of carbonyl (C=O) groups is 2. The van der Waals surface area contributed by atoms with Crippen LogP contribution in [0.15, 0.2) is 42.5 Å². The Bertz CT molecular complexity index is 766. The Kier molecular flexibility index (Phi) is 6.92. The molecule has 0 radical (unpaired) electrons. The topological polar surface area (TPSA) is 64.6 Å². The van der Waals surface area contributed by atoms with Gasteiger partial charge in [0.25, 0.3) is 5.91 Å². The zero-order valence-electron chi connectivity index (χ0n) is 15.7. The normalized spacial score (nSPS) is 10.7. The molecule has 26 heavy (non-hydrogen) atoms. The van der Waals surface area contributed by atoms with E-state index in [1.54, 1.807) is 12.1 Å². The van der Waals surface area contributed by atoms with E-state index in [-0.39, 0.29) is 18.6 Å². The third-order valence-corrected chi connectivity index (χ3v) is 3.99. The van der Waals surface area contributed by atoms with Gasteiger partial charge in [-0.15, -0.1) is 0 Å². The maximum atomic E-state index is 12.1. The zero-order chi connectivity index (χ0) is 19.1. The van der Waals surface area contributed by atoms with Crippen LogP contribution in [0, 0.1) is 13.8 Å². The van der Waals surface area contributed by atoms with Crippen molar-refractivity contribution in [2.45, 2.75) is 40.4 Å². The molecule has 0 saturated heterocycles. The Morgan fingerprint density at radius 2 is 1.73 bits per heavy atom. The van der Waals surface area contributed by atoms with Gasteiger partial charge in [-0.05, 0) is 62.6 Å². The van der Waals surface area contributed by atoms with E-state index in [4.69, 9.17) is 9.47 Å². The average molecular weight is 355 g/mol. The van der Waals surface area contributed by atoms with E-state index in [9.17, 15) is 9.59 Å². The summed E-state index contributed by atoms with van der Waals surface area (Å²) in [4.78, 5) is 24.1. The number of aryl methyl sites for hydroxylation is 1. The highest BCUT2D eigenvalue weighted by molar-refractivity contribution is 5.96. The predicted octanol–water partition coefficient (Wildman–Crippen LogP) is 4.02. The van der Waals surface area contributed by atoms with Crippen molar-refractivity contribution in [2.24, 2.45) is 0 Å². The van der Waals surface area contributed by atoms with E-state index < -0.39 is 5.97 Å². The molecule has 0 saturated carbocycles. The summed E-state index contributed by atoms with van der Waals surface area (Å²) < 4.78 is 10.6. The van der Waals surface area contributed by atoms with Gasteiger partial charge in [-0.3, -0.25) is 4.79 Å². The number of ether oxygens (including phenoxy) is 2. The second kappa shape index (κ2) is 9.15. The van der Waals surface area contributed by atoms with E-state index in [1.807, 2.05) is 58.0 Å². The second-order valence-corrected chi connectivity index (χ2v) is 6.43. The number of esters is 1. The Balaban J connectivity index is 1.85. The summed E-state index contributed by atoms with van der Waals surface area (Å²) in [6.45, 7) is 8.00. The molecule has 0 aliphatic heterocycles. The molecule has 0 heterocycles. The van der Waals surface area contributed by atoms with E-state index in [1.165, 1.54) is 0 Å². The lowest BCUT2D eigenvalue weighted by atomic mass is 10.1. The van der Waals surface area contributed by atoms with E-state index in [0.717, 1.165) is 22.4 Å². The molecular weight excluding hydrogens is 330 g/mol. The summed E-state index contributed by atoms with van der Waals surface area (Å²) in [6.07, 6.45) is 0.148. The molecule has 0 spiro atoms. The largest absolute Gasteiger partial charge is 0.452 e. The van der Waals surface area contributed by atoms with Gasteiger partial charge in [0.2, 0.25) is 0 Å². The summed E-state index contributed by atoms with van der Waals surface area (Å²) >= 11 is 0. The van der Waals surface area contributed by atoms with Crippen LogP contribution in [-0.2, 0) is 20.9 Å². The van der Waals surface area contributed by atoms with Gasteiger partial charge in [0.05, 0.1) is 18.3 Å². The van der Waals surface area contributed by atoms with Crippen molar-refractivity contribution in [3.8, 4) is 0 Å². The van der Waals surface area contributed by atoms with Crippen molar-refractivity contribution in [1.29, 1.82) is 0 Å². The van der Waals surface area contributed by atoms with Crippen molar-refractivity contribution in [3.63, 3.8) is 0 Å². The highest BCUT2D eigenvalue weighted by Gasteiger charge is 2.11. The molecule has 0 unspecified atom stereocenters. The van der Waals surface area contributed by atoms with Gasteiger partial charge in [-0.25, -0.2) is 4.79 Å². The molecule has 0 aliphatic carbocycles. The van der Waals surface area contributed by atoms with Gasteiger partial charge in [-0.2, -0.15) is 0 Å². The number of amides is 1. The summed E-state index contributed by atoms with van der Waals surface area (Å²) in [6, 6.07) is 12.6. The first-order valence-corrected chi connectivity index (χ1v) is 8.60. The number of hydrogen-bond acceptors (Lipinski definition) is 4. The molecule has 1 N–H and O–H groups in total. The summed E-state index contributed by atoms with van der Waals surface area (Å²) in [7, 11) is 0. The first kappa shape index (κ1) is 19.7. The average Bonchev–Trinajstić information content (AvgIpc) is 2.62. The fraction of sp³-hybridized carbons (Fsp3) is 0.333. The van der Waals surface area contributed by atoms with Crippen LogP contribution in [0.5, 0.6) is 0 Å². The predicted molar refractivity (Wildman–Crippen MR) is 101 cm³/mol. The SMILES string of the molecule is Cc1cccc(NC(=O)COC(=O)c2ccc(COC(C)C)cc2)c1C. The fourth-order valence-corrected chi connectivity index (χ4v) is 2.29. The van der Waals surface area contributed by atoms with Gasteiger partial charge >= 0.3 is 5.97 Å². The summed E-state index contributed by atoms with van der Waals surface area (Å²) in [5.74, 6) is -0.897. The van der Waals surface area contributed by atoms with Crippen molar-refractivity contribution in [3.05, 3.63) is 64.7 Å².